The Kier molecular flexibility index (Phi) is 10.5. The van der Waals surface area contributed by atoms with Crippen molar-refractivity contribution in [2.75, 3.05) is 0 Å². The Morgan fingerprint density at radius 3 is 0.735 bits per heavy atom. The third-order valence-electron chi connectivity index (χ3n) is 13.4. The second-order valence-electron chi connectivity index (χ2n) is 17.0. The number of carbonyl (C=O) groups is 4. The van der Waals surface area contributed by atoms with Gasteiger partial charge in [0, 0.05) is 66.0 Å². The Hall–Kier alpha value is -6.96. The van der Waals surface area contributed by atoms with E-state index in [9.17, 15) is 39.6 Å². The van der Waals surface area contributed by atoms with Gasteiger partial charge in [-0.05, 0) is 117 Å². The molecule has 0 saturated carbocycles. The Labute approximate surface area is 406 Å². The van der Waals surface area contributed by atoms with Crippen LogP contribution in [0.5, 0.6) is 23.0 Å². The average Bonchev–Trinajstić information content (AvgIpc) is 3.31. The molecule has 0 unspecified atom stereocenters. The molecule has 4 atom stereocenters. The van der Waals surface area contributed by atoms with E-state index in [1.54, 1.807) is 97.1 Å². The number of halogens is 4. The van der Waals surface area contributed by atoms with E-state index < -0.39 is 47.5 Å². The van der Waals surface area contributed by atoms with Gasteiger partial charge in [-0.2, -0.15) is 0 Å². The molecule has 20 bridgehead atoms. The summed E-state index contributed by atoms with van der Waals surface area (Å²) in [6.45, 7) is -0.0951. The molecule has 0 amide bonds. The van der Waals surface area contributed by atoms with Crippen LogP contribution in [0, 0.1) is 0 Å². The van der Waals surface area contributed by atoms with Crippen LogP contribution < -0.4 is 18.9 Å². The molecule has 16 aliphatic heterocycles. The van der Waals surface area contributed by atoms with Gasteiger partial charge in [0.25, 0.3) is 0 Å². The smallest absolute Gasteiger partial charge is 0.333 e. The molecule has 16 heterocycles. The van der Waals surface area contributed by atoms with Crippen molar-refractivity contribution in [3.8, 4) is 23.0 Å². The average molecular weight is 991 g/mol. The summed E-state index contributed by atoms with van der Waals surface area (Å²) >= 11 is 27.2. The molecular weight excluding hydrogens is 958 g/mol. The van der Waals surface area contributed by atoms with Crippen molar-refractivity contribution in [3.05, 3.63) is 206 Å². The Morgan fingerprint density at radius 2 is 0.544 bits per heavy atom. The number of benzene rings is 6. The van der Waals surface area contributed by atoms with Gasteiger partial charge in [-0.15, -0.1) is 0 Å². The molecule has 6 aromatic rings. The lowest BCUT2D eigenvalue weighted by atomic mass is 9.61. The van der Waals surface area contributed by atoms with Crippen LogP contribution in [-0.4, -0.2) is 44.3 Å². The molecular formula is C52H32Cl4O12. The molecule has 0 aromatic heterocycles. The maximum absolute atomic E-state index is 12.9. The zero-order valence-corrected chi connectivity index (χ0v) is 38.0. The molecule has 0 saturated heterocycles. The summed E-state index contributed by atoms with van der Waals surface area (Å²) < 4.78 is 24.9. The molecule has 68 heavy (non-hydrogen) atoms. The Bertz CT molecular complexity index is 2920. The second kappa shape index (κ2) is 16.4. The van der Waals surface area contributed by atoms with Gasteiger partial charge in [0.2, 0.25) is 0 Å². The van der Waals surface area contributed by atoms with Gasteiger partial charge in [-0.1, -0.05) is 70.7 Å². The lowest BCUT2D eigenvalue weighted by molar-refractivity contribution is -0.136. The van der Waals surface area contributed by atoms with E-state index in [1.165, 1.54) is 0 Å². The normalized spacial score (nSPS) is 19.5. The maximum atomic E-state index is 12.9. The van der Waals surface area contributed by atoms with Crippen molar-refractivity contribution in [3.63, 3.8) is 0 Å². The molecule has 12 nitrogen and oxygen atoms in total. The predicted octanol–water partition coefficient (Wildman–Crippen LogP) is 11.0. The number of carboxylic acids is 4. The van der Waals surface area contributed by atoms with Gasteiger partial charge in [-0.3, -0.25) is 0 Å². The van der Waals surface area contributed by atoms with Gasteiger partial charge in [0.1, 0.15) is 49.4 Å². The summed E-state index contributed by atoms with van der Waals surface area (Å²) in [5.74, 6) is -7.55. The number of hydrogen-bond donors (Lipinski definition) is 4. The molecule has 4 N–H and O–H groups in total. The van der Waals surface area contributed by atoms with Gasteiger partial charge in [-0.25, -0.2) is 19.2 Å². The Balaban J connectivity index is 0.988. The molecule has 28 rings (SSSR count). The third-order valence-corrected chi connectivity index (χ3v) is 14.8. The first kappa shape index (κ1) is 43.6. The fourth-order valence-corrected chi connectivity index (χ4v) is 11.4. The van der Waals surface area contributed by atoms with Crippen molar-refractivity contribution in [2.45, 2.75) is 50.1 Å². The summed E-state index contributed by atoms with van der Waals surface area (Å²) in [6.07, 6.45) is 0. The number of carboxylic acid groups (broad SMARTS) is 4. The second-order valence-corrected chi connectivity index (χ2v) is 18.6. The topological polar surface area (TPSA) is 186 Å². The van der Waals surface area contributed by atoms with Gasteiger partial charge in [0.05, 0.1) is 22.3 Å². The molecule has 340 valence electrons. The summed E-state index contributed by atoms with van der Waals surface area (Å²) in [5, 5.41) is 43.2. The highest BCUT2D eigenvalue weighted by Crippen LogP contribution is 2.58. The number of rotatable bonds is 4. The van der Waals surface area contributed by atoms with Crippen molar-refractivity contribution in [2.24, 2.45) is 0 Å². The molecule has 6 aromatic carbocycles. The molecule has 22 aliphatic rings. The number of ether oxygens (including phenoxy) is 4. The quantitative estimate of drug-likeness (QED) is 0.131. The van der Waals surface area contributed by atoms with Crippen LogP contribution in [0.25, 0.3) is 0 Å². The fourth-order valence-electron chi connectivity index (χ4n) is 10.5. The van der Waals surface area contributed by atoms with E-state index in [-0.39, 0.29) is 48.7 Å². The van der Waals surface area contributed by atoms with Crippen molar-refractivity contribution in [1.29, 1.82) is 0 Å². The lowest BCUT2D eigenvalue weighted by Gasteiger charge is -2.41. The summed E-state index contributed by atoms with van der Waals surface area (Å²) in [7, 11) is 0. The van der Waals surface area contributed by atoms with Crippen LogP contribution in [0.2, 0.25) is 20.1 Å². The van der Waals surface area contributed by atoms with Crippen molar-refractivity contribution >= 4 is 70.3 Å². The first-order valence-electron chi connectivity index (χ1n) is 21.1. The zero-order chi connectivity index (χ0) is 47.4. The minimum atomic E-state index is -1.34. The fraction of sp³-hybridized carbons (Fsp3) is 0.154. The van der Waals surface area contributed by atoms with Crippen LogP contribution in [0.4, 0.5) is 0 Å². The third kappa shape index (κ3) is 6.96. The van der Waals surface area contributed by atoms with E-state index in [0.717, 1.165) is 0 Å². The zero-order valence-electron chi connectivity index (χ0n) is 34.9. The monoisotopic (exact) mass is 988 g/mol. The minimum Gasteiger partial charge on any atom is -0.489 e. The van der Waals surface area contributed by atoms with Crippen LogP contribution in [0.15, 0.2) is 119 Å². The molecule has 0 spiro atoms. The van der Waals surface area contributed by atoms with Crippen LogP contribution in [0.1, 0.15) is 90.4 Å². The minimum absolute atomic E-state index is 0.0238. The molecule has 16 heteroatoms. The maximum Gasteiger partial charge on any atom is 0.333 e. The van der Waals surface area contributed by atoms with Crippen molar-refractivity contribution < 1.29 is 58.6 Å². The molecule has 0 fully saturated rings. The van der Waals surface area contributed by atoms with Crippen molar-refractivity contribution in [1.82, 2.24) is 0 Å². The standard InChI is InChI=1S/C52H32Cl4O12/c53-37-10-22-18-67-27-3-7-31-35(15-27)43-32-8-4-28(16-36(32)44(31)48(52(63)64)47(43)51(61)62)68-20-24-12-39(55)23(11-40(24)56)19-66-26-2-6-30-34(14-26)41-29-5-1-25(65-17-21(37)9-38(22)54)13-33(29)42(30)46(50(59)60)45(41)49(57)58/h1-16,41-44H,17-20H2,(H,57,58)(H,59,60)(H,61,62)(H,63,64)/t41-,42-,43-,44-/m1/s1. The first-order chi connectivity index (χ1) is 32.7. The first-order valence-corrected chi connectivity index (χ1v) is 22.6. The predicted molar refractivity (Wildman–Crippen MR) is 248 cm³/mol. The highest BCUT2D eigenvalue weighted by Gasteiger charge is 2.50. The lowest BCUT2D eigenvalue weighted by Crippen LogP contribution is -2.34. The van der Waals surface area contributed by atoms with E-state index >= 15 is 0 Å². The highest BCUT2D eigenvalue weighted by atomic mass is 35.5. The summed E-state index contributed by atoms with van der Waals surface area (Å²) in [6, 6.07) is 27.3. The van der Waals surface area contributed by atoms with E-state index in [1.807, 2.05) is 0 Å². The van der Waals surface area contributed by atoms with Crippen LogP contribution in [-0.2, 0) is 45.6 Å². The van der Waals surface area contributed by atoms with Crippen LogP contribution in [0.3, 0.4) is 0 Å². The molecule has 6 aliphatic carbocycles. The number of aliphatic carboxylic acids is 4. The SMILES string of the molecule is O=C(O)C1=C(C(=O)O)[C@@H]2c3ccc4cc3[C@H]1c1ccc(cc12)OCc1cc(Cl)c(cc1Cl)COc1ccc2c(c1)[C@@H]1C(C(=O)O)=C(C(=O)O)[C@H]2c2cc(ccc21)OCc1cc(Cl)c(cc1Cl)CO4. The van der Waals surface area contributed by atoms with E-state index in [4.69, 9.17) is 65.4 Å². The Morgan fingerprint density at radius 1 is 0.338 bits per heavy atom. The van der Waals surface area contributed by atoms with Gasteiger partial charge >= 0.3 is 23.9 Å². The van der Waals surface area contributed by atoms with Gasteiger partial charge < -0.3 is 39.4 Å². The van der Waals surface area contributed by atoms with Crippen LogP contribution >= 0.6 is 46.4 Å². The van der Waals surface area contributed by atoms with Gasteiger partial charge in [0.15, 0.2) is 0 Å². The molecule has 0 radical (unpaired) electrons. The van der Waals surface area contributed by atoms with E-state index in [2.05, 4.69) is 0 Å². The summed E-state index contributed by atoms with van der Waals surface area (Å²) in [5.41, 5.74) is 6.10. The largest absolute Gasteiger partial charge is 0.489 e. The summed E-state index contributed by atoms with van der Waals surface area (Å²) in [4.78, 5) is 51.5. The number of hydrogen-bond acceptors (Lipinski definition) is 8. The highest BCUT2D eigenvalue weighted by molar-refractivity contribution is 6.34. The van der Waals surface area contributed by atoms with E-state index in [0.29, 0.717) is 110 Å².